The van der Waals surface area contributed by atoms with E-state index in [0.717, 1.165) is 70.7 Å². The van der Waals surface area contributed by atoms with Gasteiger partial charge >= 0.3 is 0 Å². The van der Waals surface area contributed by atoms with Crippen LogP contribution in [0.3, 0.4) is 0 Å². The highest BCUT2D eigenvalue weighted by atomic mass is 16.5. The maximum absolute atomic E-state index is 6.32. The first-order valence-corrected chi connectivity index (χ1v) is 11.6. The topological polar surface area (TPSA) is 95.8 Å². The summed E-state index contributed by atoms with van der Waals surface area (Å²) in [5.41, 5.74) is 12.4. The van der Waals surface area contributed by atoms with E-state index in [-0.39, 0.29) is 0 Å². The van der Waals surface area contributed by atoms with Crippen molar-refractivity contribution in [3.63, 3.8) is 0 Å². The molecular formula is C26H27N7O. The fourth-order valence-electron chi connectivity index (χ4n) is 4.94. The van der Waals surface area contributed by atoms with Gasteiger partial charge in [0.05, 0.1) is 22.7 Å². The predicted molar refractivity (Wildman–Crippen MR) is 134 cm³/mol. The van der Waals surface area contributed by atoms with E-state index in [1.54, 1.807) is 0 Å². The van der Waals surface area contributed by atoms with Crippen LogP contribution < -0.4 is 15.8 Å². The number of ether oxygens (including phenoxy) is 1. The first-order valence-electron chi connectivity index (χ1n) is 11.6. The van der Waals surface area contributed by atoms with Crippen molar-refractivity contribution in [2.24, 2.45) is 7.05 Å². The van der Waals surface area contributed by atoms with Crippen molar-refractivity contribution in [2.75, 3.05) is 18.8 Å². The van der Waals surface area contributed by atoms with E-state index >= 15 is 0 Å². The Morgan fingerprint density at radius 2 is 2.03 bits per heavy atom. The van der Waals surface area contributed by atoms with Crippen LogP contribution in [0.15, 0.2) is 55.2 Å². The molecule has 8 nitrogen and oxygen atoms in total. The maximum Gasteiger partial charge on any atom is 0.150 e. The molecule has 1 aliphatic heterocycles. The molecule has 8 heteroatoms. The van der Waals surface area contributed by atoms with Crippen molar-refractivity contribution >= 4 is 27.9 Å². The van der Waals surface area contributed by atoms with Gasteiger partial charge in [0, 0.05) is 31.5 Å². The summed E-state index contributed by atoms with van der Waals surface area (Å²) in [6.07, 6.45) is 7.81. The molecule has 6 rings (SSSR count). The molecule has 0 saturated carbocycles. The number of anilines is 1. The van der Waals surface area contributed by atoms with Gasteiger partial charge in [0.2, 0.25) is 0 Å². The number of nitrogens with zero attached hydrogens (tertiary/aromatic N) is 5. The smallest absolute Gasteiger partial charge is 0.150 e. The van der Waals surface area contributed by atoms with Gasteiger partial charge in [-0.05, 0) is 73.7 Å². The lowest BCUT2D eigenvalue weighted by Gasteiger charge is -2.22. The number of hydrogen-bond acceptors (Lipinski definition) is 6. The normalized spacial score (nSPS) is 16.4. The first kappa shape index (κ1) is 20.7. The summed E-state index contributed by atoms with van der Waals surface area (Å²) in [7, 11) is 1.98. The summed E-state index contributed by atoms with van der Waals surface area (Å²) >= 11 is 0. The van der Waals surface area contributed by atoms with E-state index in [4.69, 9.17) is 10.5 Å². The van der Waals surface area contributed by atoms with Crippen molar-refractivity contribution < 1.29 is 4.74 Å². The van der Waals surface area contributed by atoms with Crippen LogP contribution in [0.2, 0.25) is 0 Å². The summed E-state index contributed by atoms with van der Waals surface area (Å²) in [5.74, 6) is 2.50. The van der Waals surface area contributed by atoms with E-state index in [9.17, 15) is 0 Å². The number of rotatable bonds is 4. The number of hydrogen-bond donors (Lipinski definition) is 2. The van der Waals surface area contributed by atoms with Crippen LogP contribution in [0.1, 0.15) is 29.9 Å². The third-order valence-corrected chi connectivity index (χ3v) is 6.74. The average Bonchev–Trinajstić information content (AvgIpc) is 3.43. The quantitative estimate of drug-likeness (QED) is 0.417. The van der Waals surface area contributed by atoms with E-state index in [0.29, 0.717) is 11.7 Å². The molecule has 0 spiro atoms. The Hall–Kier alpha value is -3.91. The summed E-state index contributed by atoms with van der Waals surface area (Å²) in [6, 6.07) is 12.1. The molecule has 0 radical (unpaired) electrons. The van der Waals surface area contributed by atoms with Crippen LogP contribution >= 0.6 is 0 Å². The van der Waals surface area contributed by atoms with Crippen molar-refractivity contribution in [3.05, 3.63) is 66.4 Å². The predicted octanol–water partition coefficient (Wildman–Crippen LogP) is 4.46. The highest BCUT2D eigenvalue weighted by Crippen LogP contribution is 2.36. The first-order chi connectivity index (χ1) is 16.6. The second kappa shape index (κ2) is 8.14. The van der Waals surface area contributed by atoms with Gasteiger partial charge in [0.15, 0.2) is 0 Å². The van der Waals surface area contributed by atoms with E-state index in [1.807, 2.05) is 42.2 Å². The van der Waals surface area contributed by atoms with Crippen molar-refractivity contribution in [2.45, 2.75) is 25.7 Å². The molecular weight excluding hydrogens is 426 g/mol. The molecule has 1 atom stereocenters. The molecule has 1 unspecified atom stereocenters. The Labute approximate surface area is 197 Å². The number of nitrogens with one attached hydrogen (secondary N) is 1. The Bertz CT molecular complexity index is 1510. The van der Waals surface area contributed by atoms with E-state index < -0.39 is 0 Å². The summed E-state index contributed by atoms with van der Waals surface area (Å²) < 4.78 is 10.3. The largest absolute Gasteiger partial charge is 0.457 e. The zero-order chi connectivity index (χ0) is 23.2. The fourth-order valence-corrected chi connectivity index (χ4v) is 4.94. The summed E-state index contributed by atoms with van der Waals surface area (Å²) in [5, 5.41) is 4.46. The molecule has 5 aromatic rings. The number of nitrogen functional groups attached to an aromatic ring is 1. The number of nitrogens with two attached hydrogens (primary N) is 1. The molecule has 0 aliphatic carbocycles. The summed E-state index contributed by atoms with van der Waals surface area (Å²) in [6.45, 7) is 4.06. The molecule has 4 heterocycles. The zero-order valence-corrected chi connectivity index (χ0v) is 19.3. The lowest BCUT2D eigenvalue weighted by Crippen LogP contribution is -2.28. The second-order valence-electron chi connectivity index (χ2n) is 9.01. The highest BCUT2D eigenvalue weighted by Gasteiger charge is 2.23. The fraction of sp³-hybridized carbons (Fsp3) is 0.269. The Morgan fingerprint density at radius 3 is 2.85 bits per heavy atom. The molecule has 0 amide bonds. The number of piperidine rings is 1. The van der Waals surface area contributed by atoms with Gasteiger partial charge in [-0.2, -0.15) is 0 Å². The van der Waals surface area contributed by atoms with Gasteiger partial charge in [-0.3, -0.25) is 0 Å². The van der Waals surface area contributed by atoms with Gasteiger partial charge in [0.1, 0.15) is 29.3 Å². The lowest BCUT2D eigenvalue weighted by atomic mass is 9.92. The van der Waals surface area contributed by atoms with Crippen LogP contribution in [0.4, 0.5) is 5.82 Å². The monoisotopic (exact) mass is 453 g/mol. The highest BCUT2D eigenvalue weighted by molar-refractivity contribution is 5.91. The van der Waals surface area contributed by atoms with Gasteiger partial charge in [-0.1, -0.05) is 0 Å². The minimum Gasteiger partial charge on any atom is -0.457 e. The zero-order valence-electron chi connectivity index (χ0n) is 19.3. The van der Waals surface area contributed by atoms with Crippen LogP contribution in [-0.2, 0) is 7.05 Å². The Kier molecular flexibility index (Phi) is 4.95. The molecule has 1 fully saturated rings. The van der Waals surface area contributed by atoms with Crippen molar-refractivity contribution in [1.29, 1.82) is 0 Å². The third kappa shape index (κ3) is 3.47. The third-order valence-electron chi connectivity index (χ3n) is 6.74. The van der Waals surface area contributed by atoms with Gasteiger partial charge in [0.25, 0.3) is 0 Å². The molecule has 1 saturated heterocycles. The maximum atomic E-state index is 6.32. The molecule has 3 aromatic heterocycles. The van der Waals surface area contributed by atoms with E-state index in [1.165, 1.54) is 11.9 Å². The van der Waals surface area contributed by atoms with E-state index in [2.05, 4.69) is 50.1 Å². The van der Waals surface area contributed by atoms with Gasteiger partial charge < -0.3 is 24.9 Å². The number of imidazole rings is 1. The van der Waals surface area contributed by atoms with Gasteiger partial charge in [-0.15, -0.1) is 0 Å². The van der Waals surface area contributed by atoms with Crippen molar-refractivity contribution in [3.8, 4) is 17.2 Å². The molecule has 34 heavy (non-hydrogen) atoms. The molecule has 172 valence electrons. The minimum absolute atomic E-state index is 0.399. The lowest BCUT2D eigenvalue weighted by molar-refractivity contribution is 0.463. The van der Waals surface area contributed by atoms with Crippen LogP contribution in [0.25, 0.3) is 27.8 Å². The molecule has 2 aromatic carbocycles. The second-order valence-corrected chi connectivity index (χ2v) is 9.01. The standard InChI is InChI=1S/C26H27N7O/c1-16-10-18(5-8-23(16)34-19-6-7-22-21(11-19)31-15-32(22)2)33-13-20(17-4-3-9-28-12-17)24-25(27)29-14-30-26(24)33/h5-8,10-11,13-15,17,28H,3-4,9,12H2,1-2H3,(H2,27,29,30). The van der Waals surface area contributed by atoms with Crippen LogP contribution in [0.5, 0.6) is 11.5 Å². The molecule has 0 bridgehead atoms. The number of benzene rings is 2. The summed E-state index contributed by atoms with van der Waals surface area (Å²) in [4.78, 5) is 13.3. The van der Waals surface area contributed by atoms with Crippen molar-refractivity contribution in [1.82, 2.24) is 29.4 Å². The minimum atomic E-state index is 0.399. The van der Waals surface area contributed by atoms with Gasteiger partial charge in [-0.25, -0.2) is 15.0 Å². The molecule has 1 aliphatic rings. The SMILES string of the molecule is Cc1cc(-n2cc(C3CCCNC3)c3c(N)ncnc32)ccc1Oc1ccc2c(c1)ncn2C. The van der Waals surface area contributed by atoms with Crippen LogP contribution in [-0.4, -0.2) is 37.2 Å². The average molecular weight is 454 g/mol. The van der Waals surface area contributed by atoms with Crippen LogP contribution in [0, 0.1) is 6.92 Å². The number of aryl methyl sites for hydroxylation is 2. The Morgan fingerprint density at radius 1 is 1.12 bits per heavy atom. The Balaban J connectivity index is 1.37. The molecule has 3 N–H and O–H groups in total. The number of aromatic nitrogens is 5. The number of fused-ring (bicyclic) bond motifs is 2.